The number of nitrogens with zero attached hydrogens (tertiary/aromatic N) is 1. The average molecular weight is 290 g/mol. The van der Waals surface area contributed by atoms with Crippen molar-refractivity contribution >= 4 is 0 Å². The fourth-order valence-corrected chi connectivity index (χ4v) is 3.46. The van der Waals surface area contributed by atoms with Crippen LogP contribution in [0.5, 0.6) is 0 Å². The molecule has 0 saturated carbocycles. The number of nitrogens with two attached hydrogens (primary N) is 1. The highest BCUT2D eigenvalue weighted by Crippen LogP contribution is 2.27. The second kappa shape index (κ2) is 7.92. The molecule has 2 atom stereocenters. The van der Waals surface area contributed by atoms with Crippen LogP contribution in [0.25, 0.3) is 0 Å². The number of hydrogen-bond acceptors (Lipinski definition) is 3. The molecule has 2 rings (SSSR count). The lowest BCUT2D eigenvalue weighted by Gasteiger charge is -2.38. The molecule has 0 bridgehead atoms. The lowest BCUT2D eigenvalue weighted by Crippen LogP contribution is -2.44. The first-order valence-corrected chi connectivity index (χ1v) is 8.41. The highest BCUT2D eigenvalue weighted by atomic mass is 16.3. The maximum atomic E-state index is 10.9. The topological polar surface area (TPSA) is 49.5 Å². The standard InChI is InChI=1S/C18H30N2O/c1-2-8-17-11-6-7-13-20(17)14-12-18(21,15-19)16-9-4-3-5-10-16/h3-5,9-10,17,21H,2,6-8,11-15,19H2,1H3. The minimum Gasteiger partial charge on any atom is -0.384 e. The quantitative estimate of drug-likeness (QED) is 0.812. The van der Waals surface area contributed by atoms with Crippen molar-refractivity contribution < 1.29 is 5.11 Å². The van der Waals surface area contributed by atoms with Gasteiger partial charge < -0.3 is 15.7 Å². The normalized spacial score (nSPS) is 22.9. The summed E-state index contributed by atoms with van der Waals surface area (Å²) in [6, 6.07) is 10.6. The van der Waals surface area contributed by atoms with Crippen LogP contribution in [0.2, 0.25) is 0 Å². The number of piperidine rings is 1. The van der Waals surface area contributed by atoms with E-state index in [-0.39, 0.29) is 6.54 Å². The van der Waals surface area contributed by atoms with Crippen molar-refractivity contribution in [1.82, 2.24) is 4.90 Å². The van der Waals surface area contributed by atoms with Crippen LogP contribution in [0.15, 0.2) is 30.3 Å². The van der Waals surface area contributed by atoms with E-state index < -0.39 is 5.60 Å². The summed E-state index contributed by atoms with van der Waals surface area (Å²) in [6.07, 6.45) is 7.16. The molecule has 1 fully saturated rings. The highest BCUT2D eigenvalue weighted by molar-refractivity contribution is 5.22. The van der Waals surface area contributed by atoms with Gasteiger partial charge in [-0.15, -0.1) is 0 Å². The van der Waals surface area contributed by atoms with Gasteiger partial charge >= 0.3 is 0 Å². The summed E-state index contributed by atoms with van der Waals surface area (Å²) >= 11 is 0. The Kier molecular flexibility index (Phi) is 6.22. The van der Waals surface area contributed by atoms with Crippen LogP contribution in [0.4, 0.5) is 0 Å². The molecule has 0 amide bonds. The van der Waals surface area contributed by atoms with Gasteiger partial charge in [-0.1, -0.05) is 50.1 Å². The number of hydrogen-bond donors (Lipinski definition) is 2. The van der Waals surface area contributed by atoms with Crippen LogP contribution >= 0.6 is 0 Å². The van der Waals surface area contributed by atoms with Crippen LogP contribution in [-0.4, -0.2) is 35.7 Å². The van der Waals surface area contributed by atoms with Crippen molar-refractivity contribution in [2.45, 2.75) is 57.1 Å². The van der Waals surface area contributed by atoms with Crippen molar-refractivity contribution in [2.75, 3.05) is 19.6 Å². The summed E-state index contributed by atoms with van der Waals surface area (Å²) in [5.74, 6) is 0. The van der Waals surface area contributed by atoms with E-state index in [2.05, 4.69) is 11.8 Å². The van der Waals surface area contributed by atoms with Gasteiger partial charge in [0, 0.05) is 19.1 Å². The SMILES string of the molecule is CCCC1CCCCN1CCC(O)(CN)c1ccccc1. The molecule has 0 spiro atoms. The number of aliphatic hydroxyl groups is 1. The fourth-order valence-electron chi connectivity index (χ4n) is 3.46. The zero-order valence-electron chi connectivity index (χ0n) is 13.3. The van der Waals surface area contributed by atoms with Crippen molar-refractivity contribution in [3.63, 3.8) is 0 Å². The first-order chi connectivity index (χ1) is 10.2. The third-order valence-electron chi connectivity index (χ3n) is 4.83. The van der Waals surface area contributed by atoms with Gasteiger partial charge in [0.1, 0.15) is 5.60 Å². The second-order valence-electron chi connectivity index (χ2n) is 6.33. The van der Waals surface area contributed by atoms with Gasteiger partial charge in [0.05, 0.1) is 0 Å². The Bertz CT molecular complexity index is 407. The molecule has 1 heterocycles. The van der Waals surface area contributed by atoms with Gasteiger partial charge in [0.25, 0.3) is 0 Å². The van der Waals surface area contributed by atoms with Crippen LogP contribution in [-0.2, 0) is 5.60 Å². The number of likely N-dealkylation sites (tertiary alicyclic amines) is 1. The minimum absolute atomic E-state index is 0.281. The Balaban J connectivity index is 1.98. The monoisotopic (exact) mass is 290 g/mol. The molecule has 0 aliphatic carbocycles. The molecule has 1 saturated heterocycles. The summed E-state index contributed by atoms with van der Waals surface area (Å²) in [5, 5.41) is 10.9. The fraction of sp³-hybridized carbons (Fsp3) is 0.667. The minimum atomic E-state index is -0.893. The van der Waals surface area contributed by atoms with Gasteiger partial charge in [0.15, 0.2) is 0 Å². The maximum Gasteiger partial charge on any atom is 0.103 e. The molecule has 1 aliphatic heterocycles. The zero-order valence-corrected chi connectivity index (χ0v) is 13.3. The van der Waals surface area contributed by atoms with E-state index in [0.717, 1.165) is 12.1 Å². The van der Waals surface area contributed by atoms with E-state index in [1.165, 1.54) is 38.6 Å². The maximum absolute atomic E-state index is 10.9. The van der Waals surface area contributed by atoms with Gasteiger partial charge in [-0.25, -0.2) is 0 Å². The molecule has 21 heavy (non-hydrogen) atoms. The van der Waals surface area contributed by atoms with Gasteiger partial charge in [-0.05, 0) is 37.8 Å². The average Bonchev–Trinajstić information content (AvgIpc) is 2.55. The Morgan fingerprint density at radius 2 is 2.05 bits per heavy atom. The van der Waals surface area contributed by atoms with E-state index in [4.69, 9.17) is 5.73 Å². The second-order valence-corrected chi connectivity index (χ2v) is 6.33. The molecule has 0 aromatic heterocycles. The summed E-state index contributed by atoms with van der Waals surface area (Å²) in [5.41, 5.74) is 5.93. The molecule has 2 unspecified atom stereocenters. The smallest absolute Gasteiger partial charge is 0.103 e. The van der Waals surface area contributed by atoms with Crippen LogP contribution in [0.3, 0.4) is 0 Å². The number of rotatable bonds is 7. The molecule has 0 radical (unpaired) electrons. The Morgan fingerprint density at radius 1 is 1.29 bits per heavy atom. The molecule has 3 heteroatoms. The van der Waals surface area contributed by atoms with Crippen molar-refractivity contribution in [3.8, 4) is 0 Å². The van der Waals surface area contributed by atoms with E-state index in [0.29, 0.717) is 12.5 Å². The molecule has 118 valence electrons. The Hall–Kier alpha value is -0.900. The van der Waals surface area contributed by atoms with Gasteiger partial charge in [-0.2, -0.15) is 0 Å². The zero-order chi connectivity index (χ0) is 15.1. The molecule has 3 nitrogen and oxygen atoms in total. The first-order valence-electron chi connectivity index (χ1n) is 8.41. The Labute approximate surface area is 129 Å². The third kappa shape index (κ3) is 4.29. The summed E-state index contributed by atoms with van der Waals surface area (Å²) in [6.45, 7) is 4.64. The third-order valence-corrected chi connectivity index (χ3v) is 4.83. The molecule has 1 aromatic rings. The lowest BCUT2D eigenvalue weighted by molar-refractivity contribution is 0.0155. The summed E-state index contributed by atoms with van der Waals surface area (Å²) in [7, 11) is 0. The van der Waals surface area contributed by atoms with Gasteiger partial charge in [-0.3, -0.25) is 0 Å². The van der Waals surface area contributed by atoms with E-state index in [1.807, 2.05) is 30.3 Å². The molecular formula is C18H30N2O. The highest BCUT2D eigenvalue weighted by Gasteiger charge is 2.30. The largest absolute Gasteiger partial charge is 0.384 e. The predicted octanol–water partition coefficient (Wildman–Crippen LogP) is 2.88. The first kappa shape index (κ1) is 16.5. The number of benzene rings is 1. The van der Waals surface area contributed by atoms with Crippen LogP contribution in [0.1, 0.15) is 51.0 Å². The van der Waals surface area contributed by atoms with E-state index in [9.17, 15) is 5.11 Å². The molecular weight excluding hydrogens is 260 g/mol. The Morgan fingerprint density at radius 3 is 2.71 bits per heavy atom. The van der Waals surface area contributed by atoms with E-state index >= 15 is 0 Å². The van der Waals surface area contributed by atoms with Crippen molar-refractivity contribution in [1.29, 1.82) is 0 Å². The van der Waals surface area contributed by atoms with Gasteiger partial charge in [0.2, 0.25) is 0 Å². The van der Waals surface area contributed by atoms with Crippen molar-refractivity contribution in [3.05, 3.63) is 35.9 Å². The molecule has 3 N–H and O–H groups in total. The molecule has 1 aliphatic rings. The predicted molar refractivity (Wildman–Crippen MR) is 88.1 cm³/mol. The van der Waals surface area contributed by atoms with E-state index in [1.54, 1.807) is 0 Å². The van der Waals surface area contributed by atoms with Crippen LogP contribution in [0, 0.1) is 0 Å². The summed E-state index contributed by atoms with van der Waals surface area (Å²) < 4.78 is 0. The van der Waals surface area contributed by atoms with Crippen LogP contribution < -0.4 is 5.73 Å². The molecule has 1 aromatic carbocycles. The van der Waals surface area contributed by atoms with Crippen molar-refractivity contribution in [2.24, 2.45) is 5.73 Å². The summed E-state index contributed by atoms with van der Waals surface area (Å²) in [4.78, 5) is 2.57. The lowest BCUT2D eigenvalue weighted by atomic mass is 9.89.